The van der Waals surface area contributed by atoms with Gasteiger partial charge in [-0.15, -0.1) is 0 Å². The van der Waals surface area contributed by atoms with Crippen LogP contribution in [0.3, 0.4) is 0 Å². The van der Waals surface area contributed by atoms with Crippen LogP contribution in [0.4, 0.5) is 0 Å². The first-order valence-electron chi connectivity index (χ1n) is 6.67. The number of rotatable bonds is 6. The molecule has 0 spiro atoms. The van der Waals surface area contributed by atoms with Crippen molar-refractivity contribution in [3.05, 3.63) is 47.3 Å². The van der Waals surface area contributed by atoms with Gasteiger partial charge >= 0.3 is 5.97 Å². The first-order valence-corrected chi connectivity index (χ1v) is 8.15. The Labute approximate surface area is 128 Å². The van der Waals surface area contributed by atoms with E-state index in [1.165, 1.54) is 18.2 Å². The van der Waals surface area contributed by atoms with Crippen molar-refractivity contribution >= 4 is 16.0 Å². The first-order chi connectivity index (χ1) is 10.3. The lowest BCUT2D eigenvalue weighted by molar-refractivity contribution is 0.0696. The Morgan fingerprint density at radius 2 is 2.14 bits per heavy atom. The number of hydrogen-bond acceptors (Lipinski definition) is 4. The third-order valence-electron chi connectivity index (χ3n) is 3.21. The van der Waals surface area contributed by atoms with Crippen LogP contribution in [0.1, 0.15) is 28.4 Å². The van der Waals surface area contributed by atoms with E-state index in [0.29, 0.717) is 12.0 Å². The van der Waals surface area contributed by atoms with Gasteiger partial charge in [0, 0.05) is 25.4 Å². The second-order valence-corrected chi connectivity index (χ2v) is 6.56. The standard InChI is InChI=1S/C14H17N3O4S/c1-3-11-4-5-12(14(18)19)6-13(11)22(20,21)16-8-10-7-15-17(2)9-10/h4-7,9,16H,3,8H2,1-2H3,(H,18,19). The summed E-state index contributed by atoms with van der Waals surface area (Å²) in [5.74, 6) is -1.16. The molecule has 0 fully saturated rings. The molecule has 0 bridgehead atoms. The number of aromatic nitrogens is 2. The average molecular weight is 323 g/mol. The van der Waals surface area contributed by atoms with Gasteiger partial charge in [-0.05, 0) is 24.1 Å². The fourth-order valence-electron chi connectivity index (χ4n) is 2.05. The van der Waals surface area contributed by atoms with Crippen LogP contribution >= 0.6 is 0 Å². The highest BCUT2D eigenvalue weighted by Gasteiger charge is 2.20. The number of hydrogen-bond donors (Lipinski definition) is 2. The zero-order valence-corrected chi connectivity index (χ0v) is 13.1. The molecule has 8 heteroatoms. The van der Waals surface area contributed by atoms with Gasteiger partial charge in [-0.2, -0.15) is 5.10 Å². The highest BCUT2D eigenvalue weighted by molar-refractivity contribution is 7.89. The van der Waals surface area contributed by atoms with E-state index in [9.17, 15) is 13.2 Å². The fourth-order valence-corrected chi connectivity index (χ4v) is 3.40. The van der Waals surface area contributed by atoms with Crippen LogP contribution in [-0.4, -0.2) is 29.3 Å². The van der Waals surface area contributed by atoms with Gasteiger partial charge < -0.3 is 5.11 Å². The van der Waals surface area contributed by atoms with Crippen molar-refractivity contribution in [2.45, 2.75) is 24.8 Å². The normalized spacial score (nSPS) is 11.5. The van der Waals surface area contributed by atoms with E-state index in [0.717, 1.165) is 5.56 Å². The van der Waals surface area contributed by atoms with Crippen molar-refractivity contribution in [3.8, 4) is 0 Å². The number of sulfonamides is 1. The summed E-state index contributed by atoms with van der Waals surface area (Å²) in [7, 11) is -2.06. The molecular weight excluding hydrogens is 306 g/mol. The summed E-state index contributed by atoms with van der Waals surface area (Å²) in [5.41, 5.74) is 1.24. The van der Waals surface area contributed by atoms with Gasteiger partial charge in [0.15, 0.2) is 0 Å². The predicted octanol–water partition coefficient (Wildman–Crippen LogP) is 1.16. The van der Waals surface area contributed by atoms with Gasteiger partial charge in [-0.3, -0.25) is 4.68 Å². The van der Waals surface area contributed by atoms with Crippen LogP contribution in [0.15, 0.2) is 35.5 Å². The van der Waals surface area contributed by atoms with E-state index in [4.69, 9.17) is 5.11 Å². The summed E-state index contributed by atoms with van der Waals surface area (Å²) in [5, 5.41) is 13.0. The van der Waals surface area contributed by atoms with Crippen LogP contribution in [0, 0.1) is 0 Å². The third-order valence-corrected chi connectivity index (χ3v) is 4.69. The number of benzene rings is 1. The Bertz CT molecular complexity index is 796. The van der Waals surface area contributed by atoms with Gasteiger partial charge in [0.2, 0.25) is 10.0 Å². The minimum Gasteiger partial charge on any atom is -0.478 e. The van der Waals surface area contributed by atoms with E-state index in [1.807, 2.05) is 6.92 Å². The van der Waals surface area contributed by atoms with Crippen molar-refractivity contribution in [1.29, 1.82) is 0 Å². The second-order valence-electron chi connectivity index (χ2n) is 4.83. The Morgan fingerprint density at radius 3 is 2.68 bits per heavy atom. The number of nitrogens with zero attached hydrogens (tertiary/aromatic N) is 2. The van der Waals surface area contributed by atoms with E-state index < -0.39 is 16.0 Å². The largest absolute Gasteiger partial charge is 0.478 e. The molecule has 0 amide bonds. The number of carboxylic acid groups (broad SMARTS) is 1. The van der Waals surface area contributed by atoms with Crippen molar-refractivity contribution in [2.24, 2.45) is 7.05 Å². The molecule has 7 nitrogen and oxygen atoms in total. The molecule has 0 saturated carbocycles. The second kappa shape index (κ2) is 6.29. The highest BCUT2D eigenvalue weighted by atomic mass is 32.2. The first kappa shape index (κ1) is 16.2. The summed E-state index contributed by atoms with van der Waals surface area (Å²) in [6, 6.07) is 4.12. The Kier molecular flexibility index (Phi) is 4.62. The van der Waals surface area contributed by atoms with E-state index >= 15 is 0 Å². The SMILES string of the molecule is CCc1ccc(C(=O)O)cc1S(=O)(=O)NCc1cnn(C)c1. The molecule has 1 heterocycles. The molecule has 0 aliphatic rings. The van der Waals surface area contributed by atoms with Gasteiger partial charge in [-0.25, -0.2) is 17.9 Å². The highest BCUT2D eigenvalue weighted by Crippen LogP contribution is 2.19. The van der Waals surface area contributed by atoms with Crippen molar-refractivity contribution < 1.29 is 18.3 Å². The zero-order chi connectivity index (χ0) is 16.3. The van der Waals surface area contributed by atoms with Crippen LogP contribution < -0.4 is 4.72 Å². The smallest absolute Gasteiger partial charge is 0.335 e. The molecule has 0 aliphatic heterocycles. The molecule has 2 N–H and O–H groups in total. The molecule has 2 aromatic rings. The number of carboxylic acids is 1. The van der Waals surface area contributed by atoms with Gasteiger partial charge in [0.1, 0.15) is 0 Å². The van der Waals surface area contributed by atoms with Crippen LogP contribution in [0.5, 0.6) is 0 Å². The summed E-state index contributed by atoms with van der Waals surface area (Å²) in [4.78, 5) is 11.0. The molecule has 0 unspecified atom stereocenters. The molecule has 0 aliphatic carbocycles. The van der Waals surface area contributed by atoms with E-state index in [1.54, 1.807) is 24.1 Å². The Morgan fingerprint density at radius 1 is 1.41 bits per heavy atom. The van der Waals surface area contributed by atoms with Crippen molar-refractivity contribution in [1.82, 2.24) is 14.5 Å². The average Bonchev–Trinajstić information content (AvgIpc) is 2.90. The molecule has 118 valence electrons. The summed E-state index contributed by atoms with van der Waals surface area (Å²) in [6.07, 6.45) is 3.76. The fraction of sp³-hybridized carbons (Fsp3) is 0.286. The van der Waals surface area contributed by atoms with Crippen molar-refractivity contribution in [2.75, 3.05) is 0 Å². The maximum Gasteiger partial charge on any atom is 0.335 e. The summed E-state index contributed by atoms with van der Waals surface area (Å²) < 4.78 is 28.9. The van der Waals surface area contributed by atoms with Gasteiger partial charge in [-0.1, -0.05) is 13.0 Å². The molecule has 0 saturated heterocycles. The van der Waals surface area contributed by atoms with Gasteiger partial charge in [0.05, 0.1) is 16.7 Å². The van der Waals surface area contributed by atoms with Crippen LogP contribution in [0.2, 0.25) is 0 Å². The van der Waals surface area contributed by atoms with Crippen LogP contribution in [-0.2, 0) is 30.0 Å². The van der Waals surface area contributed by atoms with Gasteiger partial charge in [0.25, 0.3) is 0 Å². The maximum absolute atomic E-state index is 12.4. The third kappa shape index (κ3) is 3.52. The van der Waals surface area contributed by atoms with E-state index in [-0.39, 0.29) is 17.0 Å². The van der Waals surface area contributed by atoms with Crippen molar-refractivity contribution in [3.63, 3.8) is 0 Å². The summed E-state index contributed by atoms with van der Waals surface area (Å²) in [6.45, 7) is 1.91. The topological polar surface area (TPSA) is 101 Å². The molecule has 2 rings (SSSR count). The molecule has 0 radical (unpaired) electrons. The lowest BCUT2D eigenvalue weighted by Gasteiger charge is -2.11. The van der Waals surface area contributed by atoms with Crippen LogP contribution in [0.25, 0.3) is 0 Å². The monoisotopic (exact) mass is 323 g/mol. The molecular formula is C14H17N3O4S. The summed E-state index contributed by atoms with van der Waals surface area (Å²) >= 11 is 0. The lowest BCUT2D eigenvalue weighted by Crippen LogP contribution is -2.24. The van der Waals surface area contributed by atoms with E-state index in [2.05, 4.69) is 9.82 Å². The maximum atomic E-state index is 12.4. The lowest BCUT2D eigenvalue weighted by atomic mass is 10.1. The molecule has 0 atom stereocenters. The number of aromatic carboxylic acids is 1. The predicted molar refractivity (Wildman–Crippen MR) is 80.0 cm³/mol. The number of aryl methyl sites for hydroxylation is 2. The molecule has 1 aromatic heterocycles. The Balaban J connectivity index is 2.31. The quantitative estimate of drug-likeness (QED) is 0.830. The minimum absolute atomic E-state index is 0.00112. The zero-order valence-electron chi connectivity index (χ0n) is 12.3. The molecule has 1 aromatic carbocycles. The minimum atomic E-state index is -3.80. The Hall–Kier alpha value is -2.19. The number of carbonyl (C=O) groups is 1. The molecule has 22 heavy (non-hydrogen) atoms. The number of nitrogens with one attached hydrogen (secondary N) is 1.